The van der Waals surface area contributed by atoms with Crippen LogP contribution >= 0.6 is 0 Å². The van der Waals surface area contributed by atoms with Crippen molar-refractivity contribution in [2.75, 3.05) is 20.3 Å². The number of halogens is 1. The van der Waals surface area contributed by atoms with Crippen molar-refractivity contribution in [1.82, 2.24) is 4.90 Å². The molecule has 1 rings (SSSR count). The van der Waals surface area contributed by atoms with Gasteiger partial charge in [0.25, 0.3) is 0 Å². The van der Waals surface area contributed by atoms with E-state index < -0.39 is 6.67 Å². The summed E-state index contributed by atoms with van der Waals surface area (Å²) in [5.41, 5.74) is 0. The summed E-state index contributed by atoms with van der Waals surface area (Å²) in [4.78, 5) is 12.7. The maximum absolute atomic E-state index is 12.1. The zero-order valence-corrected chi connectivity index (χ0v) is 6.14. The molecule has 10 heavy (non-hydrogen) atoms. The summed E-state index contributed by atoms with van der Waals surface area (Å²) in [6.45, 7) is 0.315. The third-order valence-corrected chi connectivity index (χ3v) is 2.01. The van der Waals surface area contributed by atoms with Gasteiger partial charge in [-0.3, -0.25) is 9.69 Å². The Morgan fingerprint density at radius 3 is 3.00 bits per heavy atom. The SMILES string of the molecule is CN1CCC(=O)CC1CF. The topological polar surface area (TPSA) is 20.3 Å². The Morgan fingerprint density at radius 2 is 2.50 bits per heavy atom. The first-order chi connectivity index (χ1) is 4.74. The van der Waals surface area contributed by atoms with Crippen molar-refractivity contribution < 1.29 is 9.18 Å². The maximum atomic E-state index is 12.1. The van der Waals surface area contributed by atoms with Crippen LogP contribution in [0.4, 0.5) is 4.39 Å². The number of ketones is 1. The zero-order chi connectivity index (χ0) is 7.56. The van der Waals surface area contributed by atoms with Crippen molar-refractivity contribution in [1.29, 1.82) is 0 Å². The Kier molecular flexibility index (Phi) is 2.38. The summed E-state index contributed by atoms with van der Waals surface area (Å²) in [6, 6.07) is -0.152. The van der Waals surface area contributed by atoms with Gasteiger partial charge in [-0.1, -0.05) is 0 Å². The Hall–Kier alpha value is -0.440. The van der Waals surface area contributed by atoms with Crippen LogP contribution in [0.3, 0.4) is 0 Å². The van der Waals surface area contributed by atoms with Gasteiger partial charge < -0.3 is 0 Å². The van der Waals surface area contributed by atoms with Gasteiger partial charge in [-0.25, -0.2) is 4.39 Å². The quantitative estimate of drug-likeness (QED) is 0.539. The van der Waals surface area contributed by atoms with Crippen LogP contribution in [-0.2, 0) is 4.79 Å². The largest absolute Gasteiger partial charge is 0.300 e. The van der Waals surface area contributed by atoms with E-state index in [1.165, 1.54) is 0 Å². The van der Waals surface area contributed by atoms with E-state index >= 15 is 0 Å². The summed E-state index contributed by atoms with van der Waals surface area (Å²) < 4.78 is 12.1. The highest BCUT2D eigenvalue weighted by Crippen LogP contribution is 2.11. The van der Waals surface area contributed by atoms with Gasteiger partial charge >= 0.3 is 0 Å². The van der Waals surface area contributed by atoms with E-state index in [9.17, 15) is 9.18 Å². The molecule has 1 aliphatic heterocycles. The lowest BCUT2D eigenvalue weighted by molar-refractivity contribution is -0.123. The van der Waals surface area contributed by atoms with Gasteiger partial charge in [0.1, 0.15) is 12.5 Å². The lowest BCUT2D eigenvalue weighted by atomic mass is 10.0. The van der Waals surface area contributed by atoms with Crippen molar-refractivity contribution in [2.45, 2.75) is 18.9 Å². The monoisotopic (exact) mass is 145 g/mol. The smallest absolute Gasteiger partial charge is 0.135 e. The highest BCUT2D eigenvalue weighted by atomic mass is 19.1. The third-order valence-electron chi connectivity index (χ3n) is 2.01. The molecule has 3 heteroatoms. The van der Waals surface area contributed by atoms with E-state index in [4.69, 9.17) is 0 Å². The number of Topliss-reactive ketones (excluding diaryl/α,β-unsaturated/α-hetero) is 1. The molecule has 0 N–H and O–H groups in total. The van der Waals surface area contributed by atoms with Gasteiger partial charge in [-0.15, -0.1) is 0 Å². The summed E-state index contributed by atoms with van der Waals surface area (Å²) in [7, 11) is 1.86. The lowest BCUT2D eigenvalue weighted by Gasteiger charge is -2.29. The average Bonchev–Trinajstić information content (AvgIpc) is 1.94. The average molecular weight is 145 g/mol. The second-order valence-electron chi connectivity index (χ2n) is 2.78. The van der Waals surface area contributed by atoms with Gasteiger partial charge in [0, 0.05) is 25.4 Å². The molecule has 0 saturated carbocycles. The predicted molar refractivity (Wildman–Crippen MR) is 36.6 cm³/mol. The van der Waals surface area contributed by atoms with Gasteiger partial charge in [0.2, 0.25) is 0 Å². The van der Waals surface area contributed by atoms with Crippen LogP contribution in [0.25, 0.3) is 0 Å². The number of hydrogen-bond donors (Lipinski definition) is 0. The Bertz CT molecular complexity index is 138. The fourth-order valence-corrected chi connectivity index (χ4v) is 1.18. The van der Waals surface area contributed by atoms with Crippen LogP contribution in [-0.4, -0.2) is 37.0 Å². The minimum atomic E-state index is -0.401. The molecule has 0 aromatic rings. The van der Waals surface area contributed by atoms with E-state index in [2.05, 4.69) is 0 Å². The van der Waals surface area contributed by atoms with E-state index in [1.807, 2.05) is 11.9 Å². The summed E-state index contributed by atoms with van der Waals surface area (Å²) >= 11 is 0. The molecule has 1 aliphatic rings. The van der Waals surface area contributed by atoms with Crippen LogP contribution in [0.5, 0.6) is 0 Å². The maximum Gasteiger partial charge on any atom is 0.135 e. The molecule has 0 bridgehead atoms. The Balaban J connectivity index is 2.45. The molecule has 1 fully saturated rings. The second kappa shape index (κ2) is 3.10. The molecule has 1 atom stereocenters. The van der Waals surface area contributed by atoms with E-state index in [1.54, 1.807) is 0 Å². The molecule has 2 nitrogen and oxygen atoms in total. The van der Waals surface area contributed by atoms with E-state index in [0.29, 0.717) is 19.4 Å². The Morgan fingerprint density at radius 1 is 1.80 bits per heavy atom. The van der Waals surface area contributed by atoms with E-state index in [0.717, 1.165) is 0 Å². The highest BCUT2D eigenvalue weighted by Gasteiger charge is 2.23. The number of carbonyl (C=O) groups is 1. The van der Waals surface area contributed by atoms with Crippen molar-refractivity contribution in [3.8, 4) is 0 Å². The molecule has 0 aliphatic carbocycles. The molecule has 0 radical (unpaired) electrons. The fraction of sp³-hybridized carbons (Fsp3) is 0.857. The standard InChI is InChI=1S/C7H12FNO/c1-9-3-2-7(10)4-6(9)5-8/h6H,2-5H2,1H3. The van der Waals surface area contributed by atoms with Crippen LogP contribution < -0.4 is 0 Å². The molecule has 1 heterocycles. The van der Waals surface area contributed by atoms with Gasteiger partial charge in [-0.05, 0) is 7.05 Å². The molecule has 0 aromatic heterocycles. The van der Waals surface area contributed by atoms with Gasteiger partial charge in [-0.2, -0.15) is 0 Å². The number of piperidine rings is 1. The predicted octanol–water partition coefficient (Wildman–Crippen LogP) is 0.619. The molecular weight excluding hydrogens is 133 g/mol. The minimum Gasteiger partial charge on any atom is -0.300 e. The number of hydrogen-bond acceptors (Lipinski definition) is 2. The lowest BCUT2D eigenvalue weighted by Crippen LogP contribution is -2.41. The molecule has 1 unspecified atom stereocenters. The van der Waals surface area contributed by atoms with Crippen molar-refractivity contribution in [2.24, 2.45) is 0 Å². The third kappa shape index (κ3) is 1.53. The highest BCUT2D eigenvalue weighted by molar-refractivity contribution is 5.79. The molecule has 0 aromatic carbocycles. The normalized spacial score (nSPS) is 29.0. The van der Waals surface area contributed by atoms with Gasteiger partial charge in [0.05, 0.1) is 0 Å². The van der Waals surface area contributed by atoms with Gasteiger partial charge in [0.15, 0.2) is 0 Å². The molecule has 1 saturated heterocycles. The summed E-state index contributed by atoms with van der Waals surface area (Å²) in [5, 5.41) is 0. The Labute approximate surface area is 60.0 Å². The minimum absolute atomic E-state index is 0.152. The number of alkyl halides is 1. The first-order valence-corrected chi connectivity index (χ1v) is 3.52. The van der Waals surface area contributed by atoms with Crippen molar-refractivity contribution in [3.05, 3.63) is 0 Å². The number of rotatable bonds is 1. The second-order valence-corrected chi connectivity index (χ2v) is 2.78. The molecular formula is C7H12FNO. The van der Waals surface area contributed by atoms with Crippen LogP contribution in [0.15, 0.2) is 0 Å². The van der Waals surface area contributed by atoms with Crippen LogP contribution in [0, 0.1) is 0 Å². The molecule has 0 spiro atoms. The molecule has 0 amide bonds. The number of nitrogens with zero attached hydrogens (tertiary/aromatic N) is 1. The summed E-state index contributed by atoms with van der Waals surface area (Å²) in [5.74, 6) is 0.195. The first-order valence-electron chi connectivity index (χ1n) is 3.52. The number of carbonyl (C=O) groups excluding carboxylic acids is 1. The zero-order valence-electron chi connectivity index (χ0n) is 6.14. The number of likely N-dealkylation sites (tertiary alicyclic amines) is 1. The fourth-order valence-electron chi connectivity index (χ4n) is 1.18. The first kappa shape index (κ1) is 7.66. The van der Waals surface area contributed by atoms with Crippen LogP contribution in [0.2, 0.25) is 0 Å². The summed E-state index contributed by atoms with van der Waals surface area (Å²) in [6.07, 6.45) is 0.986. The van der Waals surface area contributed by atoms with E-state index in [-0.39, 0.29) is 11.8 Å². The van der Waals surface area contributed by atoms with Crippen molar-refractivity contribution >= 4 is 5.78 Å². The molecule has 58 valence electrons. The van der Waals surface area contributed by atoms with Crippen molar-refractivity contribution in [3.63, 3.8) is 0 Å². The van der Waals surface area contributed by atoms with Crippen LogP contribution in [0.1, 0.15) is 12.8 Å².